The van der Waals surface area contributed by atoms with Crippen molar-refractivity contribution in [1.29, 1.82) is 0 Å². The van der Waals surface area contributed by atoms with Crippen molar-refractivity contribution in [3.8, 4) is 0 Å². The van der Waals surface area contributed by atoms with Gasteiger partial charge in [-0.05, 0) is 51.0 Å². The summed E-state index contributed by atoms with van der Waals surface area (Å²) in [4.78, 5) is 0. The van der Waals surface area contributed by atoms with E-state index in [-0.39, 0.29) is 5.60 Å². The summed E-state index contributed by atoms with van der Waals surface area (Å²) in [5.41, 5.74) is 0.105. The van der Waals surface area contributed by atoms with Gasteiger partial charge in [-0.3, -0.25) is 0 Å². The molecule has 112 valence electrons. The van der Waals surface area contributed by atoms with Gasteiger partial charge in [-0.2, -0.15) is 0 Å². The molecule has 1 unspecified atom stereocenters. The third-order valence-electron chi connectivity index (χ3n) is 5.04. The predicted octanol–water partition coefficient (Wildman–Crippen LogP) is 3.13. The van der Waals surface area contributed by atoms with E-state index in [1.54, 1.807) is 0 Å². The van der Waals surface area contributed by atoms with Crippen LogP contribution in [0.1, 0.15) is 58.3 Å². The summed E-state index contributed by atoms with van der Waals surface area (Å²) >= 11 is 0. The minimum absolute atomic E-state index is 0.105. The average molecular weight is 269 g/mol. The molecule has 19 heavy (non-hydrogen) atoms. The molecule has 0 spiro atoms. The fourth-order valence-electron chi connectivity index (χ4n) is 3.79. The van der Waals surface area contributed by atoms with E-state index in [1.165, 1.54) is 51.4 Å². The van der Waals surface area contributed by atoms with Crippen LogP contribution in [0, 0.1) is 5.92 Å². The Bertz CT molecular complexity index is 245. The van der Waals surface area contributed by atoms with Gasteiger partial charge in [0.15, 0.2) is 0 Å². The molecule has 1 aliphatic heterocycles. The van der Waals surface area contributed by atoms with Crippen LogP contribution in [0.2, 0.25) is 0 Å². The second kappa shape index (κ2) is 7.61. The highest BCUT2D eigenvalue weighted by Crippen LogP contribution is 2.38. The highest BCUT2D eigenvalue weighted by molar-refractivity contribution is 4.97. The van der Waals surface area contributed by atoms with Crippen molar-refractivity contribution in [2.75, 3.05) is 26.9 Å². The largest absolute Gasteiger partial charge is 0.381 e. The lowest BCUT2D eigenvalue weighted by molar-refractivity contribution is -0.0468. The molecule has 1 saturated heterocycles. The first kappa shape index (κ1) is 15.3. The number of nitrogens with one attached hydrogen (secondary N) is 1. The first-order chi connectivity index (χ1) is 9.30. The van der Waals surface area contributed by atoms with Gasteiger partial charge in [0, 0.05) is 26.4 Å². The lowest BCUT2D eigenvalue weighted by atomic mass is 9.82. The van der Waals surface area contributed by atoms with Crippen LogP contribution in [0.5, 0.6) is 0 Å². The Kier molecular flexibility index (Phi) is 6.11. The average Bonchev–Trinajstić information content (AvgIpc) is 2.94. The van der Waals surface area contributed by atoms with Gasteiger partial charge in [-0.1, -0.05) is 19.8 Å². The predicted molar refractivity (Wildman–Crippen MR) is 78.4 cm³/mol. The molecule has 0 aromatic carbocycles. The van der Waals surface area contributed by atoms with E-state index in [2.05, 4.69) is 12.2 Å². The molecular formula is C16H31NO2. The van der Waals surface area contributed by atoms with Gasteiger partial charge in [-0.15, -0.1) is 0 Å². The van der Waals surface area contributed by atoms with Gasteiger partial charge < -0.3 is 14.8 Å². The van der Waals surface area contributed by atoms with Gasteiger partial charge in [-0.25, -0.2) is 0 Å². The summed E-state index contributed by atoms with van der Waals surface area (Å²) in [7, 11) is 1.91. The van der Waals surface area contributed by atoms with Crippen molar-refractivity contribution in [1.82, 2.24) is 5.32 Å². The van der Waals surface area contributed by atoms with Crippen LogP contribution >= 0.6 is 0 Å². The molecule has 0 amide bonds. The van der Waals surface area contributed by atoms with Crippen molar-refractivity contribution in [3.05, 3.63) is 0 Å². The third-order valence-corrected chi connectivity index (χ3v) is 5.04. The van der Waals surface area contributed by atoms with E-state index in [0.717, 1.165) is 25.7 Å². The van der Waals surface area contributed by atoms with E-state index in [0.29, 0.717) is 6.04 Å². The Labute approximate surface area is 118 Å². The number of hydrogen-bond acceptors (Lipinski definition) is 3. The van der Waals surface area contributed by atoms with Crippen molar-refractivity contribution >= 4 is 0 Å². The van der Waals surface area contributed by atoms with Gasteiger partial charge in [0.25, 0.3) is 0 Å². The molecule has 0 aromatic rings. The molecule has 3 nitrogen and oxygen atoms in total. The SMILES string of the molecule is CCCNC(CC1CCOCC1)C1(OC)CCCC1. The normalized spacial score (nSPS) is 25.6. The summed E-state index contributed by atoms with van der Waals surface area (Å²) in [5.74, 6) is 0.815. The van der Waals surface area contributed by atoms with Crippen LogP contribution in [0.3, 0.4) is 0 Å². The van der Waals surface area contributed by atoms with Gasteiger partial charge >= 0.3 is 0 Å². The second-order valence-corrected chi connectivity index (χ2v) is 6.27. The summed E-state index contributed by atoms with van der Waals surface area (Å²) in [6, 6.07) is 0.531. The van der Waals surface area contributed by atoms with Crippen LogP contribution < -0.4 is 5.32 Å². The standard InChI is InChI=1S/C16H31NO2/c1-3-10-17-15(13-14-6-11-19-12-7-14)16(18-2)8-4-5-9-16/h14-15,17H,3-13H2,1-2H3. The van der Waals surface area contributed by atoms with Crippen molar-refractivity contribution in [3.63, 3.8) is 0 Å². The molecule has 1 N–H and O–H groups in total. The van der Waals surface area contributed by atoms with E-state index in [1.807, 2.05) is 7.11 Å². The molecule has 0 aromatic heterocycles. The minimum Gasteiger partial charge on any atom is -0.381 e. The van der Waals surface area contributed by atoms with Crippen LogP contribution in [0.4, 0.5) is 0 Å². The molecule has 1 atom stereocenters. The topological polar surface area (TPSA) is 30.5 Å². The number of rotatable bonds is 7. The number of hydrogen-bond donors (Lipinski definition) is 1. The van der Waals surface area contributed by atoms with Gasteiger partial charge in [0.05, 0.1) is 5.60 Å². The van der Waals surface area contributed by atoms with E-state index < -0.39 is 0 Å². The van der Waals surface area contributed by atoms with Crippen LogP contribution in [-0.4, -0.2) is 38.5 Å². The molecule has 0 bridgehead atoms. The zero-order valence-corrected chi connectivity index (χ0v) is 12.7. The van der Waals surface area contributed by atoms with E-state index in [9.17, 15) is 0 Å². The maximum atomic E-state index is 6.01. The molecule has 3 heteroatoms. The Hall–Kier alpha value is -0.120. The first-order valence-corrected chi connectivity index (χ1v) is 8.17. The van der Waals surface area contributed by atoms with E-state index >= 15 is 0 Å². The molecular weight excluding hydrogens is 238 g/mol. The van der Waals surface area contributed by atoms with Crippen molar-refractivity contribution in [2.45, 2.75) is 69.9 Å². The Morgan fingerprint density at radius 1 is 1.26 bits per heavy atom. The summed E-state index contributed by atoms with van der Waals surface area (Å²) < 4.78 is 11.5. The van der Waals surface area contributed by atoms with Crippen molar-refractivity contribution in [2.24, 2.45) is 5.92 Å². The smallest absolute Gasteiger partial charge is 0.0831 e. The second-order valence-electron chi connectivity index (χ2n) is 6.27. The Balaban J connectivity index is 1.96. The zero-order chi connectivity index (χ0) is 13.6. The van der Waals surface area contributed by atoms with Crippen molar-refractivity contribution < 1.29 is 9.47 Å². The van der Waals surface area contributed by atoms with Crippen LogP contribution in [-0.2, 0) is 9.47 Å². The maximum Gasteiger partial charge on any atom is 0.0831 e. The molecule has 2 aliphatic rings. The molecule has 1 heterocycles. The van der Waals surface area contributed by atoms with Crippen LogP contribution in [0.25, 0.3) is 0 Å². The minimum atomic E-state index is 0.105. The van der Waals surface area contributed by atoms with Gasteiger partial charge in [0.2, 0.25) is 0 Å². The van der Waals surface area contributed by atoms with Gasteiger partial charge in [0.1, 0.15) is 0 Å². The number of methoxy groups -OCH3 is 1. The summed E-state index contributed by atoms with van der Waals surface area (Å²) in [5, 5.41) is 3.78. The quantitative estimate of drug-likeness (QED) is 0.770. The fraction of sp³-hybridized carbons (Fsp3) is 1.00. The van der Waals surface area contributed by atoms with E-state index in [4.69, 9.17) is 9.47 Å². The van der Waals surface area contributed by atoms with Crippen LogP contribution in [0.15, 0.2) is 0 Å². The lowest BCUT2D eigenvalue weighted by Gasteiger charge is -2.39. The highest BCUT2D eigenvalue weighted by Gasteiger charge is 2.42. The third kappa shape index (κ3) is 3.93. The zero-order valence-electron chi connectivity index (χ0n) is 12.7. The Morgan fingerprint density at radius 3 is 2.53 bits per heavy atom. The molecule has 1 saturated carbocycles. The molecule has 0 radical (unpaired) electrons. The summed E-state index contributed by atoms with van der Waals surface area (Å²) in [6.45, 7) is 5.25. The molecule has 1 aliphatic carbocycles. The highest BCUT2D eigenvalue weighted by atomic mass is 16.5. The fourth-order valence-corrected chi connectivity index (χ4v) is 3.79. The monoisotopic (exact) mass is 269 g/mol. The number of ether oxygens (including phenoxy) is 2. The molecule has 2 rings (SSSR count). The first-order valence-electron chi connectivity index (χ1n) is 8.17. The lowest BCUT2D eigenvalue weighted by Crippen LogP contribution is -2.51. The Morgan fingerprint density at radius 2 is 1.95 bits per heavy atom. The maximum absolute atomic E-state index is 6.01. The summed E-state index contributed by atoms with van der Waals surface area (Å²) in [6.07, 6.45) is 10.0. The molecule has 2 fully saturated rings.